The number of methoxy groups -OCH3 is 1. The van der Waals surface area contributed by atoms with Gasteiger partial charge in [-0.05, 0) is 38.2 Å². The topological polar surface area (TPSA) is 111 Å². The van der Waals surface area contributed by atoms with Gasteiger partial charge in [0.25, 0.3) is 5.91 Å². The SMILES string of the molecule is CCN=C1NC(N)(c2ccc(C(=O)N3CCN(C)CC3)cc2OC)Nc2cc[nH]c21. The van der Waals surface area contributed by atoms with E-state index in [1.54, 1.807) is 19.2 Å². The van der Waals surface area contributed by atoms with E-state index in [4.69, 9.17) is 10.5 Å². The second-order valence-electron chi connectivity index (χ2n) is 7.66. The van der Waals surface area contributed by atoms with Crippen LogP contribution in [0.25, 0.3) is 0 Å². The Morgan fingerprint density at radius 2 is 2.00 bits per heavy atom. The largest absolute Gasteiger partial charge is 0.496 e. The molecule has 2 aromatic rings. The zero-order valence-electron chi connectivity index (χ0n) is 17.7. The van der Waals surface area contributed by atoms with Gasteiger partial charge < -0.3 is 30.2 Å². The summed E-state index contributed by atoms with van der Waals surface area (Å²) in [5.74, 6) is 0.0830. The lowest BCUT2D eigenvalue weighted by Gasteiger charge is -2.38. The quantitative estimate of drug-likeness (QED) is 0.597. The zero-order chi connectivity index (χ0) is 21.3. The first-order valence-electron chi connectivity index (χ1n) is 10.2. The van der Waals surface area contributed by atoms with Gasteiger partial charge in [-0.15, -0.1) is 0 Å². The molecule has 2 aliphatic heterocycles. The van der Waals surface area contributed by atoms with Crippen LogP contribution in [0.4, 0.5) is 5.69 Å². The van der Waals surface area contributed by atoms with E-state index < -0.39 is 5.79 Å². The van der Waals surface area contributed by atoms with E-state index >= 15 is 0 Å². The third-order valence-corrected chi connectivity index (χ3v) is 5.61. The first-order chi connectivity index (χ1) is 14.4. The van der Waals surface area contributed by atoms with Crippen molar-refractivity contribution in [1.82, 2.24) is 20.1 Å². The van der Waals surface area contributed by atoms with Crippen molar-refractivity contribution in [2.75, 3.05) is 52.2 Å². The predicted octanol–water partition coefficient (Wildman–Crippen LogP) is 0.962. The first-order valence-corrected chi connectivity index (χ1v) is 10.2. The molecule has 4 rings (SSSR count). The molecule has 0 saturated carbocycles. The van der Waals surface area contributed by atoms with Gasteiger partial charge in [0, 0.05) is 44.5 Å². The van der Waals surface area contributed by atoms with E-state index in [2.05, 4.69) is 32.6 Å². The van der Waals surface area contributed by atoms with Crippen LogP contribution in [0.15, 0.2) is 35.5 Å². The summed E-state index contributed by atoms with van der Waals surface area (Å²) in [6.45, 7) is 5.77. The van der Waals surface area contributed by atoms with Gasteiger partial charge in [-0.1, -0.05) is 0 Å². The number of hydrogen-bond acceptors (Lipinski definition) is 6. The van der Waals surface area contributed by atoms with Crippen molar-refractivity contribution in [2.45, 2.75) is 12.7 Å². The van der Waals surface area contributed by atoms with Crippen LogP contribution in [0.1, 0.15) is 28.5 Å². The Labute approximate surface area is 176 Å². The maximum absolute atomic E-state index is 13.0. The number of aromatic nitrogens is 1. The van der Waals surface area contributed by atoms with Crippen molar-refractivity contribution >= 4 is 17.4 Å². The fourth-order valence-corrected chi connectivity index (χ4v) is 3.92. The van der Waals surface area contributed by atoms with E-state index in [-0.39, 0.29) is 5.91 Å². The van der Waals surface area contributed by atoms with Crippen molar-refractivity contribution in [3.63, 3.8) is 0 Å². The van der Waals surface area contributed by atoms with Crippen LogP contribution in [0.2, 0.25) is 0 Å². The molecular formula is C21H29N7O2. The smallest absolute Gasteiger partial charge is 0.254 e. The number of nitrogens with one attached hydrogen (secondary N) is 3. The van der Waals surface area contributed by atoms with Gasteiger partial charge in [0.15, 0.2) is 5.79 Å². The molecule has 3 heterocycles. The number of amidine groups is 1. The van der Waals surface area contributed by atoms with Gasteiger partial charge in [0.2, 0.25) is 0 Å². The number of H-pyrrole nitrogens is 1. The van der Waals surface area contributed by atoms with Crippen LogP contribution in [0, 0.1) is 0 Å². The molecule has 1 fully saturated rings. The van der Waals surface area contributed by atoms with E-state index in [0.29, 0.717) is 29.3 Å². The molecular weight excluding hydrogens is 382 g/mol. The van der Waals surface area contributed by atoms with Crippen LogP contribution in [0.5, 0.6) is 5.75 Å². The lowest BCUT2D eigenvalue weighted by atomic mass is 10.0. The number of nitrogens with two attached hydrogens (primary N) is 1. The maximum atomic E-state index is 13.0. The summed E-state index contributed by atoms with van der Waals surface area (Å²) in [6, 6.07) is 7.32. The molecule has 0 spiro atoms. The average Bonchev–Trinajstić information content (AvgIpc) is 3.22. The fourth-order valence-electron chi connectivity index (χ4n) is 3.92. The van der Waals surface area contributed by atoms with Crippen molar-refractivity contribution in [1.29, 1.82) is 0 Å². The highest BCUT2D eigenvalue weighted by Gasteiger charge is 2.37. The third-order valence-electron chi connectivity index (χ3n) is 5.61. The number of amides is 1. The van der Waals surface area contributed by atoms with Crippen molar-refractivity contribution in [2.24, 2.45) is 10.7 Å². The Kier molecular flexibility index (Phi) is 5.40. The number of aromatic amines is 1. The van der Waals surface area contributed by atoms with Gasteiger partial charge in [0.05, 0.1) is 18.4 Å². The van der Waals surface area contributed by atoms with E-state index in [9.17, 15) is 4.79 Å². The molecule has 160 valence electrons. The number of fused-ring (bicyclic) bond motifs is 1. The summed E-state index contributed by atoms with van der Waals surface area (Å²) < 4.78 is 5.64. The van der Waals surface area contributed by atoms with Crippen LogP contribution in [0.3, 0.4) is 0 Å². The Hall–Kier alpha value is -3.04. The molecule has 30 heavy (non-hydrogen) atoms. The summed E-state index contributed by atoms with van der Waals surface area (Å²) in [4.78, 5) is 24.8. The number of likely N-dealkylation sites (N-methyl/N-ethyl adjacent to an activating group) is 1. The number of carbonyl (C=O) groups is 1. The van der Waals surface area contributed by atoms with Crippen LogP contribution in [-0.2, 0) is 5.79 Å². The van der Waals surface area contributed by atoms with Gasteiger partial charge in [-0.3, -0.25) is 15.5 Å². The highest BCUT2D eigenvalue weighted by molar-refractivity contribution is 6.04. The van der Waals surface area contributed by atoms with Gasteiger partial charge in [0.1, 0.15) is 17.3 Å². The van der Waals surface area contributed by atoms with Crippen LogP contribution in [-0.4, -0.2) is 73.4 Å². The molecule has 1 atom stereocenters. The minimum atomic E-state index is -1.13. The lowest BCUT2D eigenvalue weighted by molar-refractivity contribution is 0.0663. The minimum absolute atomic E-state index is 0.00439. The number of hydrogen-bond donors (Lipinski definition) is 4. The predicted molar refractivity (Wildman–Crippen MR) is 117 cm³/mol. The molecule has 1 unspecified atom stereocenters. The number of anilines is 1. The third kappa shape index (κ3) is 3.61. The summed E-state index contributed by atoms with van der Waals surface area (Å²) in [6.07, 6.45) is 1.84. The van der Waals surface area contributed by atoms with Gasteiger partial charge in [-0.2, -0.15) is 0 Å². The summed E-state index contributed by atoms with van der Waals surface area (Å²) in [5.41, 5.74) is 9.73. The van der Waals surface area contributed by atoms with Gasteiger partial charge in [-0.25, -0.2) is 0 Å². The number of nitrogens with zero attached hydrogens (tertiary/aromatic N) is 3. The van der Waals surface area contributed by atoms with E-state index in [1.165, 1.54) is 0 Å². The van der Waals surface area contributed by atoms with Crippen molar-refractivity contribution in [3.05, 3.63) is 47.3 Å². The number of rotatable bonds is 4. The molecule has 1 aromatic heterocycles. The Balaban J connectivity index is 1.65. The Morgan fingerprint density at radius 1 is 1.23 bits per heavy atom. The molecule has 0 aliphatic carbocycles. The minimum Gasteiger partial charge on any atom is -0.496 e. The standard InChI is InChI=1S/C21H29N7O2/c1-4-23-19-18-16(7-8-24-18)25-21(22,26-19)15-6-5-14(13-17(15)30-3)20(29)28-11-9-27(2)10-12-28/h5-8,13,24-25H,4,9-12,22H2,1-3H3,(H,23,26). The Bertz CT molecular complexity index is 962. The second-order valence-corrected chi connectivity index (χ2v) is 7.66. The molecule has 5 N–H and O–H groups in total. The number of carbonyl (C=O) groups excluding carboxylic acids is 1. The number of ether oxygens (including phenoxy) is 1. The highest BCUT2D eigenvalue weighted by Crippen LogP contribution is 2.33. The summed E-state index contributed by atoms with van der Waals surface area (Å²) in [5, 5.41) is 6.61. The molecule has 0 bridgehead atoms. The molecule has 1 saturated heterocycles. The fraction of sp³-hybridized carbons (Fsp3) is 0.429. The highest BCUT2D eigenvalue weighted by atomic mass is 16.5. The lowest BCUT2D eigenvalue weighted by Crippen LogP contribution is -2.61. The Morgan fingerprint density at radius 3 is 2.70 bits per heavy atom. The monoisotopic (exact) mass is 411 g/mol. The second kappa shape index (κ2) is 8.00. The zero-order valence-corrected chi connectivity index (χ0v) is 17.7. The summed E-state index contributed by atoms with van der Waals surface area (Å²) in [7, 11) is 3.65. The number of aliphatic imine (C=N–C) groups is 1. The molecule has 2 aliphatic rings. The normalized spacial score (nSPS) is 22.9. The summed E-state index contributed by atoms with van der Waals surface area (Å²) >= 11 is 0. The molecule has 0 radical (unpaired) electrons. The molecule has 9 heteroatoms. The maximum Gasteiger partial charge on any atom is 0.254 e. The van der Waals surface area contributed by atoms with Crippen molar-refractivity contribution < 1.29 is 9.53 Å². The first kappa shape index (κ1) is 20.2. The number of piperazine rings is 1. The molecule has 1 aromatic carbocycles. The van der Waals surface area contributed by atoms with Crippen LogP contribution >= 0.6 is 0 Å². The van der Waals surface area contributed by atoms with Crippen LogP contribution < -0.4 is 21.1 Å². The average molecular weight is 412 g/mol. The molecule has 1 amide bonds. The van der Waals surface area contributed by atoms with Gasteiger partial charge >= 0.3 is 0 Å². The molecule has 9 nitrogen and oxygen atoms in total. The number of benzene rings is 1. The van der Waals surface area contributed by atoms with Crippen molar-refractivity contribution in [3.8, 4) is 5.75 Å². The van der Waals surface area contributed by atoms with E-state index in [0.717, 1.165) is 37.6 Å². The van der Waals surface area contributed by atoms with E-state index in [1.807, 2.05) is 30.2 Å².